The van der Waals surface area contributed by atoms with Crippen LogP contribution in [0.3, 0.4) is 0 Å². The van der Waals surface area contributed by atoms with E-state index in [2.05, 4.69) is 4.98 Å². The van der Waals surface area contributed by atoms with Crippen LogP contribution in [-0.4, -0.2) is 52.9 Å². The van der Waals surface area contributed by atoms with Crippen molar-refractivity contribution in [2.45, 2.75) is 0 Å². The minimum Gasteiger partial charge on any atom is -0.351 e. The third-order valence-corrected chi connectivity index (χ3v) is 3.99. The van der Waals surface area contributed by atoms with Gasteiger partial charge in [-0.15, -0.1) is 0 Å². The molecule has 6 heteroatoms. The van der Waals surface area contributed by atoms with Crippen molar-refractivity contribution in [1.82, 2.24) is 14.8 Å². The van der Waals surface area contributed by atoms with Crippen LogP contribution in [0.1, 0.15) is 10.4 Å². The zero-order chi connectivity index (χ0) is 13.4. The number of hydrogen-bond donors (Lipinski definition) is 1. The van der Waals surface area contributed by atoms with Crippen molar-refractivity contribution < 1.29 is 9.59 Å². The van der Waals surface area contributed by atoms with Crippen LogP contribution in [0.4, 0.5) is 4.79 Å². The Kier molecular flexibility index (Phi) is 2.85. The number of nitrogens with two attached hydrogens (primary N) is 1. The number of carbonyl (C=O) groups excluding carboxylic acids is 2. The van der Waals surface area contributed by atoms with E-state index < -0.39 is 0 Å². The van der Waals surface area contributed by atoms with E-state index in [-0.39, 0.29) is 11.9 Å². The smallest absolute Gasteiger partial charge is 0.314 e. The number of carbonyl (C=O) groups is 2. The first-order chi connectivity index (χ1) is 9.15. The highest BCUT2D eigenvalue weighted by Gasteiger charge is 2.42. The van der Waals surface area contributed by atoms with Crippen LogP contribution in [0.25, 0.3) is 0 Å². The predicted molar refractivity (Wildman–Crippen MR) is 68.3 cm³/mol. The standard InChI is InChI=1S/C13H16N4O2/c14-13(19)17-7-10-5-16(6-11(10)8-17)12(18)9-2-1-3-15-4-9/h1-4,10-11H,5-8H2,(H2,14,19)/t10-,11+. The van der Waals surface area contributed by atoms with Gasteiger partial charge in [0, 0.05) is 50.4 Å². The second-order valence-electron chi connectivity index (χ2n) is 5.22. The molecule has 2 aliphatic heterocycles. The first-order valence-electron chi connectivity index (χ1n) is 6.39. The van der Waals surface area contributed by atoms with Gasteiger partial charge in [-0.1, -0.05) is 0 Å². The van der Waals surface area contributed by atoms with E-state index in [4.69, 9.17) is 5.73 Å². The van der Waals surface area contributed by atoms with Gasteiger partial charge in [-0.05, 0) is 12.1 Å². The summed E-state index contributed by atoms with van der Waals surface area (Å²) in [6, 6.07) is 3.18. The zero-order valence-electron chi connectivity index (χ0n) is 10.5. The van der Waals surface area contributed by atoms with E-state index in [1.807, 2.05) is 4.90 Å². The fraction of sp³-hybridized carbons (Fsp3) is 0.462. The van der Waals surface area contributed by atoms with Gasteiger partial charge in [-0.25, -0.2) is 4.79 Å². The van der Waals surface area contributed by atoms with Crippen LogP contribution < -0.4 is 5.73 Å². The number of urea groups is 1. The molecule has 2 aliphatic rings. The number of primary amides is 1. The van der Waals surface area contributed by atoms with E-state index in [1.54, 1.807) is 29.4 Å². The Morgan fingerprint density at radius 3 is 2.32 bits per heavy atom. The lowest BCUT2D eigenvalue weighted by atomic mass is 10.0. The van der Waals surface area contributed by atoms with Gasteiger partial charge >= 0.3 is 6.03 Å². The topological polar surface area (TPSA) is 79.5 Å². The molecule has 3 heterocycles. The molecule has 0 radical (unpaired) electrons. The van der Waals surface area contributed by atoms with E-state index in [9.17, 15) is 9.59 Å². The molecular weight excluding hydrogens is 244 g/mol. The highest BCUT2D eigenvalue weighted by Crippen LogP contribution is 2.31. The third-order valence-electron chi connectivity index (χ3n) is 3.99. The lowest BCUT2D eigenvalue weighted by molar-refractivity contribution is 0.0776. The number of aromatic nitrogens is 1. The van der Waals surface area contributed by atoms with Crippen molar-refractivity contribution in [3.8, 4) is 0 Å². The lowest BCUT2D eigenvalue weighted by Gasteiger charge is -2.20. The molecule has 3 rings (SSSR count). The lowest BCUT2D eigenvalue weighted by Crippen LogP contribution is -2.38. The van der Waals surface area contributed by atoms with Gasteiger partial charge in [0.25, 0.3) is 5.91 Å². The largest absolute Gasteiger partial charge is 0.351 e. The van der Waals surface area contributed by atoms with Gasteiger partial charge in [0.2, 0.25) is 0 Å². The minimum atomic E-state index is -0.362. The van der Waals surface area contributed by atoms with Gasteiger partial charge in [0.05, 0.1) is 5.56 Å². The summed E-state index contributed by atoms with van der Waals surface area (Å²) in [6.07, 6.45) is 3.24. The summed E-state index contributed by atoms with van der Waals surface area (Å²) in [5.41, 5.74) is 5.90. The van der Waals surface area contributed by atoms with Crippen LogP contribution in [0.5, 0.6) is 0 Å². The Morgan fingerprint density at radius 2 is 1.79 bits per heavy atom. The Morgan fingerprint density at radius 1 is 1.16 bits per heavy atom. The van der Waals surface area contributed by atoms with E-state index >= 15 is 0 Å². The van der Waals surface area contributed by atoms with E-state index in [0.29, 0.717) is 43.6 Å². The molecule has 2 N–H and O–H groups in total. The number of pyridine rings is 1. The van der Waals surface area contributed by atoms with Gasteiger partial charge in [0.15, 0.2) is 0 Å². The summed E-state index contributed by atoms with van der Waals surface area (Å²) in [7, 11) is 0. The fourth-order valence-corrected chi connectivity index (χ4v) is 3.01. The van der Waals surface area contributed by atoms with Gasteiger partial charge in [-0.3, -0.25) is 9.78 Å². The summed E-state index contributed by atoms with van der Waals surface area (Å²) in [4.78, 5) is 30.9. The number of likely N-dealkylation sites (tertiary alicyclic amines) is 2. The number of fused-ring (bicyclic) bond motifs is 1. The van der Waals surface area contributed by atoms with Crippen LogP contribution >= 0.6 is 0 Å². The van der Waals surface area contributed by atoms with Crippen LogP contribution in [0, 0.1) is 11.8 Å². The van der Waals surface area contributed by atoms with E-state index in [1.165, 1.54) is 0 Å². The van der Waals surface area contributed by atoms with Crippen LogP contribution in [-0.2, 0) is 0 Å². The van der Waals surface area contributed by atoms with Crippen molar-refractivity contribution in [3.63, 3.8) is 0 Å². The molecule has 0 saturated carbocycles. The van der Waals surface area contributed by atoms with Gasteiger partial charge in [0.1, 0.15) is 0 Å². The molecule has 0 bridgehead atoms. The fourth-order valence-electron chi connectivity index (χ4n) is 3.01. The molecule has 2 saturated heterocycles. The SMILES string of the molecule is NC(=O)N1C[C@@H]2CN(C(=O)c3cccnc3)C[C@@H]2C1. The maximum absolute atomic E-state index is 12.3. The van der Waals surface area contributed by atoms with Crippen molar-refractivity contribution in [3.05, 3.63) is 30.1 Å². The molecule has 0 unspecified atom stereocenters. The van der Waals surface area contributed by atoms with Crippen molar-refractivity contribution in [2.24, 2.45) is 17.6 Å². The third kappa shape index (κ3) is 2.14. The molecule has 3 amide bonds. The summed E-state index contributed by atoms with van der Waals surface area (Å²) >= 11 is 0. The van der Waals surface area contributed by atoms with Crippen molar-refractivity contribution >= 4 is 11.9 Å². The van der Waals surface area contributed by atoms with Crippen molar-refractivity contribution in [1.29, 1.82) is 0 Å². The average molecular weight is 260 g/mol. The van der Waals surface area contributed by atoms with Gasteiger partial charge in [-0.2, -0.15) is 0 Å². The maximum atomic E-state index is 12.3. The highest BCUT2D eigenvalue weighted by molar-refractivity contribution is 5.94. The molecule has 19 heavy (non-hydrogen) atoms. The molecular formula is C13H16N4O2. The Bertz CT molecular complexity index is 491. The molecule has 2 atom stereocenters. The summed E-state index contributed by atoms with van der Waals surface area (Å²) in [5, 5.41) is 0. The Labute approximate surface area is 111 Å². The molecule has 0 aromatic carbocycles. The predicted octanol–water partition coefficient (Wildman–Crippen LogP) is 0.164. The van der Waals surface area contributed by atoms with Crippen molar-refractivity contribution in [2.75, 3.05) is 26.2 Å². The normalized spacial score (nSPS) is 25.5. The number of hydrogen-bond acceptors (Lipinski definition) is 3. The number of amides is 3. The number of rotatable bonds is 1. The summed E-state index contributed by atoms with van der Waals surface area (Å²) < 4.78 is 0. The van der Waals surface area contributed by atoms with Gasteiger partial charge < -0.3 is 15.5 Å². The molecule has 100 valence electrons. The van der Waals surface area contributed by atoms with Crippen LogP contribution in [0.15, 0.2) is 24.5 Å². The Balaban J connectivity index is 1.66. The first kappa shape index (κ1) is 12.0. The van der Waals surface area contributed by atoms with E-state index in [0.717, 1.165) is 0 Å². The second-order valence-corrected chi connectivity index (χ2v) is 5.22. The number of nitrogens with zero attached hydrogens (tertiary/aromatic N) is 3. The molecule has 1 aromatic heterocycles. The molecule has 0 spiro atoms. The second kappa shape index (κ2) is 4.53. The zero-order valence-corrected chi connectivity index (χ0v) is 10.5. The molecule has 6 nitrogen and oxygen atoms in total. The minimum absolute atomic E-state index is 0.0214. The maximum Gasteiger partial charge on any atom is 0.314 e. The molecule has 2 fully saturated rings. The summed E-state index contributed by atoms with van der Waals surface area (Å²) in [6.45, 7) is 2.72. The average Bonchev–Trinajstić information content (AvgIpc) is 2.97. The first-order valence-corrected chi connectivity index (χ1v) is 6.39. The summed E-state index contributed by atoms with van der Waals surface area (Å²) in [5.74, 6) is 0.731. The monoisotopic (exact) mass is 260 g/mol. The molecule has 0 aliphatic carbocycles. The quantitative estimate of drug-likeness (QED) is 0.781. The molecule has 1 aromatic rings. The highest BCUT2D eigenvalue weighted by atomic mass is 16.2. The van der Waals surface area contributed by atoms with Crippen LogP contribution in [0.2, 0.25) is 0 Å². The Hall–Kier alpha value is -2.11.